The lowest BCUT2D eigenvalue weighted by atomic mass is 9.77. The first kappa shape index (κ1) is 69.3. The molecule has 7 rings (SSSR count). The van der Waals surface area contributed by atoms with Crippen LogP contribution >= 0.6 is 0 Å². The van der Waals surface area contributed by atoms with Crippen molar-refractivity contribution in [2.45, 2.75) is 211 Å². The van der Waals surface area contributed by atoms with Gasteiger partial charge in [0.2, 0.25) is 11.3 Å². The molecule has 5 heterocycles. The Kier molecular flexibility index (Phi) is 23.3. The molecule has 1 amide bonds. The molecule has 1 aliphatic carbocycles. The Hall–Kier alpha value is -5.13. The molecule has 25 nitrogen and oxygen atoms in total. The fraction of sp³-hybridized carbons (Fsp3) is 0.770. The number of ether oxygens (including phenoxy) is 11. The van der Waals surface area contributed by atoms with Gasteiger partial charge in [0.05, 0.1) is 73.6 Å². The zero-order chi connectivity index (χ0) is 64.0. The second-order valence-electron chi connectivity index (χ2n) is 25.4. The molecule has 1 aromatic heterocycles. The number of anilines is 1. The van der Waals surface area contributed by atoms with E-state index in [0.29, 0.717) is 18.5 Å². The van der Waals surface area contributed by atoms with Crippen LogP contribution in [0.5, 0.6) is 0 Å². The molecule has 5 N–H and O–H groups in total. The van der Waals surface area contributed by atoms with Gasteiger partial charge in [0, 0.05) is 68.7 Å². The molecular weight excluding hydrogens is 1140 g/mol. The molecule has 490 valence electrons. The standard InChI is InChI=1S/C61H94FN5O20/c1-15-45-61(10)53(86-58(75)87-61)36(6)66(13)30-32(2)27-59(8,76)52(85-57-50(71)44(65(11)12)24-33(3)80-57)34(4)51(35(5)56(74)82-45)84-48-28-60(9,77-14)54(37(7)81-48)83-47(69)29-64-46(68)18-20-78-22-23-79-21-19-63-42-26-43-39(25-41(42)62)49(70)40(55(72)73)31-67(43)38-16-17-38/h25-26,31-38,44-45,48,50-54,57,63,71,76H,15-24,27-30H2,1-14H3,(H,64,68)(H,72,73)/t32-,33-,34+,35-,36-,37+,44+,45-,48+,50-,51+,52+,53-,54+,57+,59-,60-,61-/m1/s1. The molecule has 0 spiro atoms. The highest BCUT2D eigenvalue weighted by Crippen LogP contribution is 2.43. The summed E-state index contributed by atoms with van der Waals surface area (Å²) in [5.74, 6) is -6.23. The lowest BCUT2D eigenvalue weighted by Gasteiger charge is -2.49. The van der Waals surface area contributed by atoms with Crippen molar-refractivity contribution in [2.75, 3.05) is 79.6 Å². The number of benzene rings is 1. The topological polar surface area (TPSA) is 300 Å². The number of esters is 2. The van der Waals surface area contributed by atoms with E-state index < -0.39 is 143 Å². The van der Waals surface area contributed by atoms with Gasteiger partial charge < -0.3 is 87.5 Å². The summed E-state index contributed by atoms with van der Waals surface area (Å²) in [4.78, 5) is 82.4. The van der Waals surface area contributed by atoms with Crippen molar-refractivity contribution in [1.29, 1.82) is 0 Å². The van der Waals surface area contributed by atoms with Crippen LogP contribution in [0.2, 0.25) is 0 Å². The van der Waals surface area contributed by atoms with Gasteiger partial charge in [-0.2, -0.15) is 0 Å². The maximum absolute atomic E-state index is 15.1. The zero-order valence-corrected chi connectivity index (χ0v) is 52.9. The highest BCUT2D eigenvalue weighted by molar-refractivity contribution is 5.93. The first-order valence-corrected chi connectivity index (χ1v) is 30.4. The molecule has 4 aliphatic heterocycles. The van der Waals surface area contributed by atoms with Crippen molar-refractivity contribution in [2.24, 2.45) is 17.8 Å². The largest absolute Gasteiger partial charge is 0.509 e. The Balaban J connectivity index is 0.960. The Bertz CT molecular complexity index is 2790. The predicted octanol–water partition coefficient (Wildman–Crippen LogP) is 4.77. The molecule has 1 saturated carbocycles. The minimum Gasteiger partial charge on any atom is -0.477 e. The Morgan fingerprint density at radius 2 is 1.61 bits per heavy atom. The average molecular weight is 1240 g/mol. The number of aliphatic hydroxyl groups excluding tert-OH is 1. The fourth-order valence-electron chi connectivity index (χ4n) is 13.1. The highest BCUT2D eigenvalue weighted by Gasteiger charge is 2.59. The first-order chi connectivity index (χ1) is 40.9. The highest BCUT2D eigenvalue weighted by atomic mass is 19.1. The number of cyclic esters (lactones) is 1. The van der Waals surface area contributed by atoms with Gasteiger partial charge in [-0.05, 0) is 120 Å². The predicted molar refractivity (Wildman–Crippen MR) is 312 cm³/mol. The summed E-state index contributed by atoms with van der Waals surface area (Å²) in [5.41, 5.74) is -4.90. The van der Waals surface area contributed by atoms with E-state index in [0.717, 1.165) is 18.9 Å². The molecule has 5 aliphatic rings. The summed E-state index contributed by atoms with van der Waals surface area (Å²) in [6.45, 7) is 18.4. The molecule has 0 unspecified atom stereocenters. The number of likely N-dealkylation sites (N-methyl/N-ethyl adjacent to an activating group) is 2. The van der Waals surface area contributed by atoms with E-state index >= 15 is 4.39 Å². The van der Waals surface area contributed by atoms with Crippen LogP contribution in [-0.4, -0.2) is 224 Å². The van der Waals surface area contributed by atoms with E-state index in [1.54, 1.807) is 46.1 Å². The van der Waals surface area contributed by atoms with Crippen LogP contribution in [0.4, 0.5) is 14.9 Å². The normalized spacial score (nSPS) is 35.5. The second-order valence-corrected chi connectivity index (χ2v) is 25.4. The third kappa shape index (κ3) is 16.5. The summed E-state index contributed by atoms with van der Waals surface area (Å²) in [7, 11) is 7.06. The molecule has 87 heavy (non-hydrogen) atoms. The summed E-state index contributed by atoms with van der Waals surface area (Å²) in [6, 6.07) is 1.82. The molecular formula is C61H94FN5O20. The van der Waals surface area contributed by atoms with E-state index in [4.69, 9.17) is 52.1 Å². The van der Waals surface area contributed by atoms with Gasteiger partial charge in [-0.25, -0.2) is 14.0 Å². The molecule has 0 radical (unpaired) electrons. The fourth-order valence-corrected chi connectivity index (χ4v) is 13.1. The third-order valence-corrected chi connectivity index (χ3v) is 18.0. The Morgan fingerprint density at radius 3 is 2.25 bits per heavy atom. The number of fused-ring (bicyclic) bond motifs is 2. The lowest BCUT2D eigenvalue weighted by molar-refractivity contribution is -0.318. The minimum absolute atomic E-state index is 0.00653. The van der Waals surface area contributed by atoms with E-state index in [2.05, 4.69) is 10.6 Å². The smallest absolute Gasteiger partial charge is 0.477 e. The Labute approximate surface area is 508 Å². The number of aromatic carboxylic acids is 1. The number of hydrogen-bond donors (Lipinski definition) is 5. The van der Waals surface area contributed by atoms with Crippen LogP contribution < -0.4 is 16.1 Å². The van der Waals surface area contributed by atoms with Gasteiger partial charge in [0.25, 0.3) is 0 Å². The van der Waals surface area contributed by atoms with E-state index in [9.17, 15) is 44.1 Å². The number of aliphatic hydroxyl groups is 2. The third-order valence-electron chi connectivity index (χ3n) is 18.0. The SMILES string of the molecule is CC[C@H]1OC(=O)[C@H](C)[C@@H](O[C@H]2C[C@@](C)(OC)[C@@H](OC(=O)CNC(=O)CCOCCOCCNc3cc4c(cc3F)c(=O)c(C(=O)O)cn4C3CC3)[C@H](C)O2)[C@H](C)[C@H](O[C@@H]2O[C@H](C)C[C@H](N(C)C)[C@H]2O)[C@](C)(O)C[C@@H](C)CN(C)[C@H](C)[C@H]2OC(=O)O[C@@]21C. The number of aromatic nitrogens is 1. The maximum Gasteiger partial charge on any atom is 0.509 e. The van der Waals surface area contributed by atoms with Crippen molar-refractivity contribution in [1.82, 2.24) is 19.7 Å². The van der Waals surface area contributed by atoms with E-state index in [-0.39, 0.29) is 93.8 Å². The molecule has 26 heteroatoms. The number of nitrogens with zero attached hydrogens (tertiary/aromatic N) is 3. The van der Waals surface area contributed by atoms with Crippen LogP contribution in [0.15, 0.2) is 23.1 Å². The van der Waals surface area contributed by atoms with Crippen molar-refractivity contribution in [3.63, 3.8) is 0 Å². The number of hydrogen-bond acceptors (Lipinski definition) is 22. The number of methoxy groups -OCH3 is 1. The monoisotopic (exact) mass is 1240 g/mol. The van der Waals surface area contributed by atoms with Gasteiger partial charge in [-0.15, -0.1) is 0 Å². The van der Waals surface area contributed by atoms with Crippen molar-refractivity contribution in [3.05, 3.63) is 39.9 Å². The molecule has 5 fully saturated rings. The van der Waals surface area contributed by atoms with Crippen molar-refractivity contribution < 1.29 is 95.8 Å². The van der Waals surface area contributed by atoms with E-state index in [1.165, 1.54) is 19.4 Å². The van der Waals surface area contributed by atoms with Crippen molar-refractivity contribution in [3.8, 4) is 0 Å². The molecule has 18 atom stereocenters. The number of carboxylic acids is 1. The second kappa shape index (κ2) is 29.2. The maximum atomic E-state index is 15.1. The number of nitrogens with one attached hydrogen (secondary N) is 2. The van der Waals surface area contributed by atoms with Gasteiger partial charge in [0.15, 0.2) is 30.4 Å². The molecule has 4 saturated heterocycles. The van der Waals surface area contributed by atoms with Crippen LogP contribution in [0, 0.1) is 23.6 Å². The van der Waals surface area contributed by atoms with Gasteiger partial charge >= 0.3 is 24.1 Å². The number of halogens is 1. The van der Waals surface area contributed by atoms with Crippen LogP contribution in [-0.2, 0) is 66.5 Å². The summed E-state index contributed by atoms with van der Waals surface area (Å²) in [6.07, 6.45) is -6.90. The number of carboxylic acid groups (broad SMARTS) is 1. The first-order valence-electron chi connectivity index (χ1n) is 30.4. The summed E-state index contributed by atoms with van der Waals surface area (Å²) < 4.78 is 84.6. The minimum atomic E-state index is -1.66. The van der Waals surface area contributed by atoms with Crippen LogP contribution in [0.3, 0.4) is 0 Å². The van der Waals surface area contributed by atoms with Gasteiger partial charge in [0.1, 0.15) is 35.7 Å². The number of amides is 1. The van der Waals surface area contributed by atoms with Crippen molar-refractivity contribution >= 4 is 46.6 Å². The summed E-state index contributed by atoms with van der Waals surface area (Å²) >= 11 is 0. The van der Waals surface area contributed by atoms with Gasteiger partial charge in [-0.1, -0.05) is 20.8 Å². The molecule has 0 bridgehead atoms. The number of rotatable bonds is 22. The van der Waals surface area contributed by atoms with E-state index in [1.807, 2.05) is 58.6 Å². The van der Waals surface area contributed by atoms with Crippen LogP contribution in [0.1, 0.15) is 131 Å². The van der Waals surface area contributed by atoms with Crippen LogP contribution in [0.25, 0.3) is 10.9 Å². The number of carbonyl (C=O) groups is 5. The lowest BCUT2D eigenvalue weighted by Crippen LogP contribution is -2.61. The summed E-state index contributed by atoms with van der Waals surface area (Å²) in [5, 5.41) is 39.7. The zero-order valence-electron chi connectivity index (χ0n) is 52.9. The van der Waals surface area contributed by atoms with Gasteiger partial charge in [-0.3, -0.25) is 24.1 Å². The number of pyridine rings is 1. The molecule has 1 aromatic carbocycles. The molecule has 2 aromatic rings. The average Bonchev–Trinajstić information content (AvgIpc) is 1.96. The number of carbonyl (C=O) groups excluding carboxylic acids is 4. The Morgan fingerprint density at radius 1 is 0.920 bits per heavy atom. The quantitative estimate of drug-likeness (QED) is 0.0602.